The maximum absolute atomic E-state index is 10.9. The van der Waals surface area contributed by atoms with Crippen LogP contribution in [0.2, 0.25) is 5.02 Å². The van der Waals surface area contributed by atoms with Crippen LogP contribution in [0.15, 0.2) is 48.5 Å². The zero-order chi connectivity index (χ0) is 13.8. The van der Waals surface area contributed by atoms with Gasteiger partial charge in [0, 0.05) is 11.7 Å². The number of carboxylic acids is 1. The molecule has 0 radical (unpaired) electrons. The molecule has 0 aliphatic carbocycles. The molecule has 0 aliphatic rings. The number of anilines is 1. The molecule has 0 heterocycles. The van der Waals surface area contributed by atoms with Crippen LogP contribution in [0.4, 0.5) is 5.69 Å². The van der Waals surface area contributed by atoms with Gasteiger partial charge < -0.3 is 10.4 Å². The quantitative estimate of drug-likeness (QED) is 0.879. The number of benzene rings is 2. The van der Waals surface area contributed by atoms with Crippen molar-refractivity contribution < 1.29 is 9.90 Å². The van der Waals surface area contributed by atoms with Crippen LogP contribution in [0.25, 0.3) is 0 Å². The minimum atomic E-state index is -1.02. The summed E-state index contributed by atoms with van der Waals surface area (Å²) in [6.07, 6.45) is 0. The van der Waals surface area contributed by atoms with E-state index in [2.05, 4.69) is 5.32 Å². The van der Waals surface area contributed by atoms with E-state index in [4.69, 9.17) is 16.7 Å². The molecule has 0 amide bonds. The second kappa shape index (κ2) is 5.76. The normalized spacial score (nSPS) is 11.9. The van der Waals surface area contributed by atoms with E-state index in [0.717, 1.165) is 11.3 Å². The van der Waals surface area contributed by atoms with Crippen molar-refractivity contribution in [1.82, 2.24) is 0 Å². The van der Waals surface area contributed by atoms with Crippen LogP contribution in [0.5, 0.6) is 0 Å². The van der Waals surface area contributed by atoms with Crippen LogP contribution in [0, 0.1) is 0 Å². The number of carbonyl (C=O) groups is 1. The van der Waals surface area contributed by atoms with E-state index in [1.54, 1.807) is 12.1 Å². The molecule has 2 N–H and O–H groups in total. The van der Waals surface area contributed by atoms with Crippen LogP contribution in [0.3, 0.4) is 0 Å². The minimum Gasteiger partial charge on any atom is -0.478 e. The molecule has 4 heteroatoms. The van der Waals surface area contributed by atoms with Gasteiger partial charge in [0.1, 0.15) is 0 Å². The fourth-order valence-electron chi connectivity index (χ4n) is 1.85. The lowest BCUT2D eigenvalue weighted by Gasteiger charge is -2.16. The molecular formula is C15H14ClNO2. The zero-order valence-corrected chi connectivity index (χ0v) is 11.2. The summed E-state index contributed by atoms with van der Waals surface area (Å²) in [7, 11) is 0. The van der Waals surface area contributed by atoms with Gasteiger partial charge in [-0.25, -0.2) is 4.79 Å². The third-order valence-corrected chi connectivity index (χ3v) is 3.19. The third kappa shape index (κ3) is 3.26. The van der Waals surface area contributed by atoms with Gasteiger partial charge >= 0.3 is 5.97 Å². The summed E-state index contributed by atoms with van der Waals surface area (Å²) in [5.74, 6) is -1.02. The highest BCUT2D eigenvalue weighted by atomic mass is 35.5. The Morgan fingerprint density at radius 1 is 1.21 bits per heavy atom. The first-order chi connectivity index (χ1) is 9.08. The molecule has 0 saturated heterocycles. The van der Waals surface area contributed by atoms with Crippen molar-refractivity contribution in [2.75, 3.05) is 5.32 Å². The highest BCUT2D eigenvalue weighted by molar-refractivity contribution is 6.33. The van der Waals surface area contributed by atoms with E-state index < -0.39 is 5.97 Å². The highest BCUT2D eigenvalue weighted by Crippen LogP contribution is 2.24. The molecule has 0 fully saturated rings. The molecule has 0 aromatic heterocycles. The summed E-state index contributed by atoms with van der Waals surface area (Å²) in [6.45, 7) is 2.04. The monoisotopic (exact) mass is 275 g/mol. The Morgan fingerprint density at radius 2 is 1.89 bits per heavy atom. The predicted molar refractivity (Wildman–Crippen MR) is 76.9 cm³/mol. The average molecular weight is 276 g/mol. The first-order valence-corrected chi connectivity index (χ1v) is 6.30. The number of aromatic carboxylic acids is 1. The Kier molecular flexibility index (Phi) is 4.07. The molecule has 0 aliphatic heterocycles. The summed E-state index contributed by atoms with van der Waals surface area (Å²) in [5.41, 5.74) is 2.06. The van der Waals surface area contributed by atoms with Crippen molar-refractivity contribution in [2.45, 2.75) is 13.0 Å². The largest absolute Gasteiger partial charge is 0.478 e. The van der Waals surface area contributed by atoms with Gasteiger partial charge in [-0.15, -0.1) is 0 Å². The lowest BCUT2D eigenvalue weighted by Crippen LogP contribution is -2.07. The fraction of sp³-hybridized carbons (Fsp3) is 0.133. The van der Waals surface area contributed by atoms with Gasteiger partial charge in [-0.2, -0.15) is 0 Å². The number of hydrogen-bond acceptors (Lipinski definition) is 2. The zero-order valence-electron chi connectivity index (χ0n) is 10.4. The summed E-state index contributed by atoms with van der Waals surface area (Å²) < 4.78 is 0. The number of hydrogen-bond donors (Lipinski definition) is 2. The van der Waals surface area contributed by atoms with Crippen molar-refractivity contribution in [3.63, 3.8) is 0 Å². The van der Waals surface area contributed by atoms with Crippen molar-refractivity contribution in [1.29, 1.82) is 0 Å². The molecule has 2 aromatic carbocycles. The van der Waals surface area contributed by atoms with Crippen LogP contribution in [-0.4, -0.2) is 11.1 Å². The van der Waals surface area contributed by atoms with Crippen molar-refractivity contribution in [3.8, 4) is 0 Å². The van der Waals surface area contributed by atoms with Gasteiger partial charge in [-0.1, -0.05) is 41.9 Å². The Morgan fingerprint density at radius 3 is 2.47 bits per heavy atom. The van der Waals surface area contributed by atoms with E-state index in [0.29, 0.717) is 0 Å². The van der Waals surface area contributed by atoms with E-state index in [-0.39, 0.29) is 16.6 Å². The Labute approximate surface area is 116 Å². The van der Waals surface area contributed by atoms with Crippen LogP contribution in [-0.2, 0) is 0 Å². The summed E-state index contributed by atoms with van der Waals surface area (Å²) in [6, 6.07) is 15.0. The molecule has 19 heavy (non-hydrogen) atoms. The van der Waals surface area contributed by atoms with E-state index >= 15 is 0 Å². The van der Waals surface area contributed by atoms with Crippen LogP contribution >= 0.6 is 11.6 Å². The number of carboxylic acid groups (broad SMARTS) is 1. The molecule has 2 aromatic rings. The molecule has 98 valence electrons. The fourth-order valence-corrected chi connectivity index (χ4v) is 2.11. The molecule has 1 atom stereocenters. The molecule has 0 spiro atoms. The lowest BCUT2D eigenvalue weighted by atomic mass is 10.1. The van der Waals surface area contributed by atoms with E-state index in [9.17, 15) is 4.79 Å². The van der Waals surface area contributed by atoms with Crippen LogP contribution < -0.4 is 5.32 Å². The van der Waals surface area contributed by atoms with Crippen molar-refractivity contribution in [2.24, 2.45) is 0 Å². The van der Waals surface area contributed by atoms with Gasteiger partial charge in [-0.05, 0) is 30.7 Å². The average Bonchev–Trinajstić information content (AvgIpc) is 2.39. The van der Waals surface area contributed by atoms with Gasteiger partial charge in [-0.3, -0.25) is 0 Å². The smallest absolute Gasteiger partial charge is 0.337 e. The van der Waals surface area contributed by atoms with Gasteiger partial charge in [0.15, 0.2) is 0 Å². The second-order valence-electron chi connectivity index (χ2n) is 4.28. The molecule has 0 bridgehead atoms. The predicted octanol–water partition coefficient (Wildman–Crippen LogP) is 4.21. The maximum Gasteiger partial charge on any atom is 0.337 e. The Bertz CT molecular complexity index is 584. The van der Waals surface area contributed by atoms with Gasteiger partial charge in [0.05, 0.1) is 10.6 Å². The molecule has 3 nitrogen and oxygen atoms in total. The summed E-state index contributed by atoms with van der Waals surface area (Å²) in [5, 5.41) is 12.4. The Hall–Kier alpha value is -2.00. The molecule has 0 saturated carbocycles. The van der Waals surface area contributed by atoms with Crippen molar-refractivity contribution >= 4 is 23.3 Å². The van der Waals surface area contributed by atoms with Gasteiger partial charge in [0.25, 0.3) is 0 Å². The number of halogens is 1. The number of rotatable bonds is 4. The van der Waals surface area contributed by atoms with E-state index in [1.165, 1.54) is 6.07 Å². The third-order valence-electron chi connectivity index (χ3n) is 2.88. The standard InChI is InChI=1S/C15H14ClNO2/c1-10(11-5-3-2-4-6-11)17-12-7-8-13(15(18)19)14(16)9-12/h2-10,17H,1H3,(H,18,19). The topological polar surface area (TPSA) is 49.3 Å². The van der Waals surface area contributed by atoms with Gasteiger partial charge in [0.2, 0.25) is 0 Å². The molecular weight excluding hydrogens is 262 g/mol. The molecule has 1 unspecified atom stereocenters. The highest BCUT2D eigenvalue weighted by Gasteiger charge is 2.10. The maximum atomic E-state index is 10.9. The van der Waals surface area contributed by atoms with Crippen LogP contribution in [0.1, 0.15) is 28.9 Å². The Balaban J connectivity index is 2.16. The first kappa shape index (κ1) is 13.4. The van der Waals surface area contributed by atoms with Crippen molar-refractivity contribution in [3.05, 3.63) is 64.7 Å². The van der Waals surface area contributed by atoms with E-state index in [1.807, 2.05) is 37.3 Å². The molecule has 2 rings (SSSR count). The second-order valence-corrected chi connectivity index (χ2v) is 4.68. The summed E-state index contributed by atoms with van der Waals surface area (Å²) in [4.78, 5) is 10.9. The summed E-state index contributed by atoms with van der Waals surface area (Å²) >= 11 is 5.93. The number of nitrogens with one attached hydrogen (secondary N) is 1. The first-order valence-electron chi connectivity index (χ1n) is 5.92. The SMILES string of the molecule is CC(Nc1ccc(C(=O)O)c(Cl)c1)c1ccccc1. The minimum absolute atomic E-state index is 0.111. The lowest BCUT2D eigenvalue weighted by molar-refractivity contribution is 0.0697.